The van der Waals surface area contributed by atoms with Crippen molar-refractivity contribution in [1.29, 1.82) is 0 Å². The largest absolute Gasteiger partial charge is 0.497 e. The maximum absolute atomic E-state index is 12.9. The van der Waals surface area contributed by atoms with E-state index in [4.69, 9.17) is 15.2 Å². The fourth-order valence-electron chi connectivity index (χ4n) is 4.02. The van der Waals surface area contributed by atoms with Crippen LogP contribution in [0.15, 0.2) is 47.5 Å². The van der Waals surface area contributed by atoms with Crippen molar-refractivity contribution in [3.05, 3.63) is 53.6 Å². The molecule has 1 aliphatic rings. The Morgan fingerprint density at radius 1 is 1.09 bits per heavy atom. The van der Waals surface area contributed by atoms with Crippen LogP contribution in [0.1, 0.15) is 38.3 Å². The van der Waals surface area contributed by atoms with Gasteiger partial charge in [0.1, 0.15) is 17.0 Å². The minimum Gasteiger partial charge on any atom is -0.497 e. The van der Waals surface area contributed by atoms with Crippen LogP contribution < -0.4 is 25.8 Å². The summed E-state index contributed by atoms with van der Waals surface area (Å²) in [6.45, 7) is 6.66. The molecule has 0 saturated heterocycles. The van der Waals surface area contributed by atoms with Gasteiger partial charge in [-0.1, -0.05) is 38.1 Å². The van der Waals surface area contributed by atoms with Crippen LogP contribution >= 0.6 is 0 Å². The van der Waals surface area contributed by atoms with Crippen LogP contribution in [0.2, 0.25) is 0 Å². The number of urea groups is 1. The second kappa shape index (κ2) is 10.5. The summed E-state index contributed by atoms with van der Waals surface area (Å²) in [5.41, 5.74) is 7.66. The fraction of sp³-hybridized carbons (Fsp3) is 0.400. The average molecular weight is 468 g/mol. The highest BCUT2D eigenvalue weighted by molar-refractivity contribution is 6.06. The Morgan fingerprint density at radius 2 is 1.68 bits per heavy atom. The third kappa shape index (κ3) is 5.98. The molecule has 0 saturated carbocycles. The first-order valence-corrected chi connectivity index (χ1v) is 11.2. The van der Waals surface area contributed by atoms with E-state index < -0.39 is 5.54 Å². The van der Waals surface area contributed by atoms with E-state index in [1.807, 2.05) is 31.2 Å². The molecule has 3 rings (SSSR count). The molecule has 2 aromatic carbocycles. The number of nitrogens with two attached hydrogens (primary N) is 1. The number of anilines is 1. The molecule has 34 heavy (non-hydrogen) atoms. The Balaban J connectivity index is 1.55. The Hall–Kier alpha value is -3.75. The van der Waals surface area contributed by atoms with E-state index in [0.717, 1.165) is 11.1 Å². The third-order valence-electron chi connectivity index (χ3n) is 5.58. The molecule has 0 aliphatic carbocycles. The van der Waals surface area contributed by atoms with Crippen molar-refractivity contribution in [3.63, 3.8) is 0 Å². The van der Waals surface area contributed by atoms with Crippen LogP contribution in [-0.2, 0) is 17.9 Å². The number of hydrogen-bond acceptors (Lipinski definition) is 6. The zero-order valence-electron chi connectivity index (χ0n) is 20.3. The highest BCUT2D eigenvalue weighted by Crippen LogP contribution is 2.29. The number of carbonyl (C=O) groups excluding carboxylic acids is 2. The zero-order valence-corrected chi connectivity index (χ0v) is 20.3. The molecule has 1 atom stereocenters. The lowest BCUT2D eigenvalue weighted by Gasteiger charge is -2.23. The minimum absolute atomic E-state index is 0.0738. The molecular formula is C25H33N5O4. The molecule has 0 radical (unpaired) electrons. The quantitative estimate of drug-likeness (QED) is 0.522. The molecule has 2 aromatic rings. The van der Waals surface area contributed by atoms with Gasteiger partial charge in [-0.3, -0.25) is 9.69 Å². The lowest BCUT2D eigenvalue weighted by atomic mass is 9.91. The van der Waals surface area contributed by atoms with Crippen LogP contribution in [0.5, 0.6) is 11.5 Å². The van der Waals surface area contributed by atoms with Crippen LogP contribution in [0.4, 0.5) is 10.5 Å². The number of hydrogen-bond donors (Lipinski definition) is 3. The molecule has 1 unspecified atom stereocenters. The Labute approximate surface area is 200 Å². The van der Waals surface area contributed by atoms with Crippen molar-refractivity contribution in [2.24, 2.45) is 16.6 Å². The summed E-state index contributed by atoms with van der Waals surface area (Å²) in [5, 5.41) is 5.59. The maximum atomic E-state index is 12.9. The smallest absolute Gasteiger partial charge is 0.319 e. The molecule has 0 bridgehead atoms. The Bertz CT molecular complexity index is 1050. The summed E-state index contributed by atoms with van der Waals surface area (Å²) in [4.78, 5) is 31.2. The lowest BCUT2D eigenvalue weighted by Crippen LogP contribution is -2.43. The average Bonchev–Trinajstić information content (AvgIpc) is 3.00. The van der Waals surface area contributed by atoms with Gasteiger partial charge in [0.2, 0.25) is 0 Å². The molecule has 1 aliphatic heterocycles. The zero-order chi connectivity index (χ0) is 24.9. The van der Waals surface area contributed by atoms with Crippen molar-refractivity contribution in [3.8, 4) is 11.5 Å². The van der Waals surface area contributed by atoms with Gasteiger partial charge < -0.3 is 25.8 Å². The molecule has 182 valence electrons. The standard InChI is InChI=1S/C25H33N5O4/c1-16(2)13-25(3)22(31)30(23(26)29-25)15-18-8-6-17(7-9-18)14-27-24(32)28-19-10-20(33-4)12-21(11-19)34-5/h6-12,16H,13-15H2,1-5H3,(H2,26,29)(H2,27,28,32). The van der Waals surface area contributed by atoms with Crippen molar-refractivity contribution in [2.45, 2.75) is 45.8 Å². The van der Waals surface area contributed by atoms with Gasteiger partial charge in [-0.05, 0) is 30.4 Å². The third-order valence-corrected chi connectivity index (χ3v) is 5.58. The van der Waals surface area contributed by atoms with E-state index in [0.29, 0.717) is 42.6 Å². The normalized spacial score (nSPS) is 17.5. The predicted octanol–water partition coefficient (Wildman–Crippen LogP) is 3.49. The van der Waals surface area contributed by atoms with Crippen molar-refractivity contribution >= 4 is 23.6 Å². The number of nitrogens with zero attached hydrogens (tertiary/aromatic N) is 2. The van der Waals surface area contributed by atoms with Crippen molar-refractivity contribution < 1.29 is 19.1 Å². The second-order valence-electron chi connectivity index (χ2n) is 8.96. The molecular weight excluding hydrogens is 434 g/mol. The molecule has 1 heterocycles. The molecule has 0 fully saturated rings. The number of ether oxygens (including phenoxy) is 2. The van der Waals surface area contributed by atoms with Gasteiger partial charge in [0.05, 0.1) is 20.8 Å². The molecule has 0 spiro atoms. The van der Waals surface area contributed by atoms with E-state index in [1.54, 1.807) is 32.4 Å². The Morgan fingerprint density at radius 3 is 2.24 bits per heavy atom. The first-order chi connectivity index (χ1) is 16.1. The van der Waals surface area contributed by atoms with Gasteiger partial charge in [-0.25, -0.2) is 9.79 Å². The summed E-state index contributed by atoms with van der Waals surface area (Å²) in [6, 6.07) is 12.4. The second-order valence-corrected chi connectivity index (χ2v) is 8.96. The van der Waals surface area contributed by atoms with E-state index in [-0.39, 0.29) is 17.9 Å². The van der Waals surface area contributed by atoms with Crippen LogP contribution in [0.25, 0.3) is 0 Å². The highest BCUT2D eigenvalue weighted by atomic mass is 16.5. The number of nitrogens with one attached hydrogen (secondary N) is 2. The van der Waals surface area contributed by atoms with E-state index in [1.165, 1.54) is 4.90 Å². The lowest BCUT2D eigenvalue weighted by molar-refractivity contribution is -0.131. The summed E-state index contributed by atoms with van der Waals surface area (Å²) >= 11 is 0. The number of amides is 3. The predicted molar refractivity (Wildman–Crippen MR) is 132 cm³/mol. The first kappa shape index (κ1) is 24.9. The van der Waals surface area contributed by atoms with Gasteiger partial charge in [-0.15, -0.1) is 0 Å². The summed E-state index contributed by atoms with van der Waals surface area (Å²) in [6.07, 6.45) is 0.651. The number of aliphatic imine (C=N–C) groups is 1. The number of carbonyl (C=O) groups is 2. The summed E-state index contributed by atoms with van der Waals surface area (Å²) in [5.74, 6) is 1.68. The van der Waals surface area contributed by atoms with Crippen molar-refractivity contribution in [2.75, 3.05) is 19.5 Å². The number of benzene rings is 2. The highest BCUT2D eigenvalue weighted by Gasteiger charge is 2.43. The van der Waals surface area contributed by atoms with E-state index >= 15 is 0 Å². The number of rotatable bonds is 9. The first-order valence-electron chi connectivity index (χ1n) is 11.2. The summed E-state index contributed by atoms with van der Waals surface area (Å²) in [7, 11) is 3.10. The van der Waals surface area contributed by atoms with Crippen LogP contribution in [0, 0.1) is 5.92 Å². The molecule has 9 heteroatoms. The Kier molecular flexibility index (Phi) is 7.65. The van der Waals surface area contributed by atoms with Gasteiger partial charge in [0.15, 0.2) is 5.96 Å². The number of guanidine groups is 1. The van der Waals surface area contributed by atoms with Gasteiger partial charge >= 0.3 is 6.03 Å². The fourth-order valence-corrected chi connectivity index (χ4v) is 4.02. The van der Waals surface area contributed by atoms with Crippen LogP contribution in [0.3, 0.4) is 0 Å². The van der Waals surface area contributed by atoms with Gasteiger partial charge in [0, 0.05) is 30.4 Å². The van der Waals surface area contributed by atoms with Crippen LogP contribution in [-0.4, -0.2) is 42.6 Å². The van der Waals surface area contributed by atoms with Gasteiger partial charge in [0.25, 0.3) is 5.91 Å². The van der Waals surface area contributed by atoms with E-state index in [9.17, 15) is 9.59 Å². The van der Waals surface area contributed by atoms with Crippen molar-refractivity contribution in [1.82, 2.24) is 10.2 Å². The van der Waals surface area contributed by atoms with Gasteiger partial charge in [-0.2, -0.15) is 0 Å². The number of methoxy groups -OCH3 is 2. The maximum Gasteiger partial charge on any atom is 0.319 e. The molecule has 0 aromatic heterocycles. The molecule has 9 nitrogen and oxygen atoms in total. The topological polar surface area (TPSA) is 118 Å². The molecule has 3 amide bonds. The van der Waals surface area contributed by atoms with E-state index in [2.05, 4.69) is 29.5 Å². The SMILES string of the molecule is COc1cc(NC(=O)NCc2ccc(CN3C(=O)C(C)(CC(C)C)N=C3N)cc2)cc(OC)c1. The summed E-state index contributed by atoms with van der Waals surface area (Å²) < 4.78 is 10.4. The minimum atomic E-state index is -0.803. The molecule has 4 N–H and O–H groups in total. The monoisotopic (exact) mass is 467 g/mol.